The molecule has 0 N–H and O–H groups in total. The number of carbonyl (C=O) groups is 2. The van der Waals surface area contributed by atoms with Crippen molar-refractivity contribution in [2.75, 3.05) is 27.2 Å². The smallest absolute Gasteiger partial charge is 0.416 e. The molecule has 1 saturated heterocycles. The van der Waals surface area contributed by atoms with Crippen molar-refractivity contribution in [3.8, 4) is 0 Å². The fourth-order valence-electron chi connectivity index (χ4n) is 2.63. The molecule has 0 unspecified atom stereocenters. The lowest BCUT2D eigenvalue weighted by Gasteiger charge is -2.24. The van der Waals surface area contributed by atoms with Crippen LogP contribution in [0.15, 0.2) is 30.3 Å². The Morgan fingerprint density at radius 3 is 2.67 bits per heavy atom. The molecule has 114 valence electrons. The normalized spacial score (nSPS) is 19.7. The third-order valence-electron chi connectivity index (χ3n) is 3.57. The Morgan fingerprint density at radius 1 is 1.38 bits per heavy atom. The largest absolute Gasteiger partial charge is 0.447 e. The van der Waals surface area contributed by atoms with Gasteiger partial charge in [-0.15, -0.1) is 0 Å². The zero-order chi connectivity index (χ0) is 15.4. The maximum absolute atomic E-state index is 12.5. The molecule has 5 nitrogen and oxygen atoms in total. The van der Waals surface area contributed by atoms with E-state index in [0.717, 1.165) is 5.56 Å². The number of hydrogen-bond acceptors (Lipinski definition) is 4. The van der Waals surface area contributed by atoms with Gasteiger partial charge in [0.15, 0.2) is 0 Å². The van der Waals surface area contributed by atoms with E-state index in [9.17, 15) is 9.59 Å². The molecule has 0 saturated carbocycles. The van der Waals surface area contributed by atoms with E-state index in [2.05, 4.69) is 0 Å². The summed E-state index contributed by atoms with van der Waals surface area (Å²) in [5.41, 5.74) is 1.10. The van der Waals surface area contributed by atoms with Crippen molar-refractivity contribution < 1.29 is 14.3 Å². The van der Waals surface area contributed by atoms with Crippen molar-refractivity contribution in [2.24, 2.45) is 5.92 Å². The number of carbonyl (C=O) groups excluding carboxylic acids is 2. The van der Waals surface area contributed by atoms with Crippen LogP contribution in [0.5, 0.6) is 0 Å². The summed E-state index contributed by atoms with van der Waals surface area (Å²) in [5, 5.41) is 0. The van der Waals surface area contributed by atoms with Gasteiger partial charge in [-0.05, 0) is 26.1 Å². The number of benzene rings is 1. The van der Waals surface area contributed by atoms with Crippen LogP contribution in [0.25, 0.3) is 0 Å². The van der Waals surface area contributed by atoms with Crippen LogP contribution in [0.3, 0.4) is 0 Å². The quantitative estimate of drug-likeness (QED) is 0.829. The molecule has 1 aromatic carbocycles. The standard InChI is InChI=1S/C16H22N2O3/c1-12(10-17(2)3)15(19)18-14(11-21-16(18)20)9-13-7-5-4-6-8-13/h4-8,12,14H,9-11H2,1-3H3/t12-,14+/m1/s1. The Kier molecular flexibility index (Phi) is 4.96. The molecule has 1 heterocycles. The topological polar surface area (TPSA) is 49.9 Å². The van der Waals surface area contributed by atoms with E-state index in [1.54, 1.807) is 0 Å². The van der Waals surface area contributed by atoms with Crippen LogP contribution in [-0.2, 0) is 16.0 Å². The van der Waals surface area contributed by atoms with E-state index in [1.165, 1.54) is 4.90 Å². The van der Waals surface area contributed by atoms with Crippen molar-refractivity contribution in [3.05, 3.63) is 35.9 Å². The van der Waals surface area contributed by atoms with Crippen molar-refractivity contribution in [3.63, 3.8) is 0 Å². The molecule has 2 amide bonds. The first-order valence-corrected chi connectivity index (χ1v) is 7.17. The molecular formula is C16H22N2O3. The fraction of sp³-hybridized carbons (Fsp3) is 0.500. The first-order valence-electron chi connectivity index (χ1n) is 7.17. The van der Waals surface area contributed by atoms with Crippen molar-refractivity contribution >= 4 is 12.0 Å². The highest BCUT2D eigenvalue weighted by atomic mass is 16.6. The van der Waals surface area contributed by atoms with Crippen molar-refractivity contribution in [1.29, 1.82) is 0 Å². The first kappa shape index (κ1) is 15.5. The molecule has 1 aliphatic rings. The highest BCUT2D eigenvalue weighted by Gasteiger charge is 2.39. The average molecular weight is 290 g/mol. The lowest BCUT2D eigenvalue weighted by Crippen LogP contribution is -2.45. The summed E-state index contributed by atoms with van der Waals surface area (Å²) < 4.78 is 5.08. The first-order chi connectivity index (χ1) is 9.99. The Bertz CT molecular complexity index is 502. The molecular weight excluding hydrogens is 268 g/mol. The van der Waals surface area contributed by atoms with Crippen LogP contribution in [-0.4, -0.2) is 55.1 Å². The molecule has 21 heavy (non-hydrogen) atoms. The number of cyclic esters (lactones) is 1. The predicted molar refractivity (Wildman–Crippen MR) is 79.8 cm³/mol. The molecule has 2 atom stereocenters. The minimum atomic E-state index is -0.522. The molecule has 0 aromatic heterocycles. The van der Waals surface area contributed by atoms with E-state index in [1.807, 2.05) is 56.3 Å². The molecule has 1 aliphatic heterocycles. The lowest BCUT2D eigenvalue weighted by atomic mass is 10.0. The second-order valence-electron chi connectivity index (χ2n) is 5.79. The van der Waals surface area contributed by atoms with Crippen LogP contribution in [0, 0.1) is 5.92 Å². The van der Waals surface area contributed by atoms with Crippen LogP contribution >= 0.6 is 0 Å². The maximum atomic E-state index is 12.5. The van der Waals surface area contributed by atoms with Gasteiger partial charge in [-0.1, -0.05) is 37.3 Å². The van der Waals surface area contributed by atoms with Crippen molar-refractivity contribution in [2.45, 2.75) is 19.4 Å². The van der Waals surface area contributed by atoms with Crippen LogP contribution in [0.1, 0.15) is 12.5 Å². The molecule has 0 bridgehead atoms. The molecule has 5 heteroatoms. The Morgan fingerprint density at radius 2 is 2.05 bits per heavy atom. The van der Waals surface area contributed by atoms with Gasteiger partial charge in [-0.2, -0.15) is 0 Å². The van der Waals surface area contributed by atoms with Gasteiger partial charge in [0.05, 0.1) is 6.04 Å². The summed E-state index contributed by atoms with van der Waals surface area (Å²) in [4.78, 5) is 27.6. The SMILES string of the molecule is C[C@H](CN(C)C)C(=O)N1C(=O)OC[C@@H]1Cc1ccccc1. The van der Waals surface area contributed by atoms with Gasteiger partial charge in [0, 0.05) is 12.5 Å². The monoisotopic (exact) mass is 290 g/mol. The molecule has 0 spiro atoms. The number of hydrogen-bond donors (Lipinski definition) is 0. The number of ether oxygens (including phenoxy) is 1. The third-order valence-corrected chi connectivity index (χ3v) is 3.57. The molecule has 1 aromatic rings. The molecule has 0 aliphatic carbocycles. The summed E-state index contributed by atoms with van der Waals surface area (Å²) >= 11 is 0. The van der Waals surface area contributed by atoms with E-state index >= 15 is 0 Å². The van der Waals surface area contributed by atoms with Gasteiger partial charge >= 0.3 is 6.09 Å². The molecule has 0 radical (unpaired) electrons. The van der Waals surface area contributed by atoms with E-state index in [0.29, 0.717) is 13.0 Å². The molecule has 1 fully saturated rings. The minimum absolute atomic E-state index is 0.160. The summed E-state index contributed by atoms with van der Waals surface area (Å²) in [6.07, 6.45) is 0.110. The summed E-state index contributed by atoms with van der Waals surface area (Å²) in [5.74, 6) is -0.393. The van der Waals surface area contributed by atoms with E-state index in [4.69, 9.17) is 4.74 Å². The van der Waals surface area contributed by atoms with Gasteiger partial charge in [-0.3, -0.25) is 4.79 Å². The fourth-order valence-corrected chi connectivity index (χ4v) is 2.63. The zero-order valence-electron chi connectivity index (χ0n) is 12.8. The highest BCUT2D eigenvalue weighted by molar-refractivity contribution is 5.94. The number of imide groups is 1. The Balaban J connectivity index is 2.08. The van der Waals surface area contributed by atoms with Crippen LogP contribution in [0.4, 0.5) is 4.79 Å². The van der Waals surface area contributed by atoms with Gasteiger partial charge in [0.1, 0.15) is 6.61 Å². The maximum Gasteiger partial charge on any atom is 0.416 e. The summed E-state index contributed by atoms with van der Waals surface area (Å²) in [6.45, 7) is 2.72. The minimum Gasteiger partial charge on any atom is -0.447 e. The number of amides is 2. The van der Waals surface area contributed by atoms with E-state index < -0.39 is 6.09 Å². The second kappa shape index (κ2) is 6.72. The van der Waals surface area contributed by atoms with Gasteiger partial charge in [0.25, 0.3) is 0 Å². The average Bonchev–Trinajstić information content (AvgIpc) is 2.79. The van der Waals surface area contributed by atoms with Crippen molar-refractivity contribution in [1.82, 2.24) is 9.80 Å². The third kappa shape index (κ3) is 3.82. The summed E-state index contributed by atoms with van der Waals surface area (Å²) in [7, 11) is 3.82. The summed E-state index contributed by atoms with van der Waals surface area (Å²) in [6, 6.07) is 9.63. The Labute approximate surface area is 125 Å². The molecule has 2 rings (SSSR count). The zero-order valence-corrected chi connectivity index (χ0v) is 12.8. The second-order valence-corrected chi connectivity index (χ2v) is 5.79. The van der Waals surface area contributed by atoms with E-state index in [-0.39, 0.29) is 24.5 Å². The predicted octanol–water partition coefficient (Wildman–Crippen LogP) is 1.77. The number of rotatable bonds is 5. The lowest BCUT2D eigenvalue weighted by molar-refractivity contribution is -0.133. The van der Waals surface area contributed by atoms with Crippen LogP contribution in [0.2, 0.25) is 0 Å². The highest BCUT2D eigenvalue weighted by Crippen LogP contribution is 2.20. The van der Waals surface area contributed by atoms with Gasteiger partial charge < -0.3 is 9.64 Å². The Hall–Kier alpha value is -1.88. The number of nitrogens with zero attached hydrogens (tertiary/aromatic N) is 2. The van der Waals surface area contributed by atoms with Gasteiger partial charge in [0.2, 0.25) is 5.91 Å². The van der Waals surface area contributed by atoms with Gasteiger partial charge in [-0.25, -0.2) is 9.69 Å². The van der Waals surface area contributed by atoms with Crippen LogP contribution < -0.4 is 0 Å².